The summed E-state index contributed by atoms with van der Waals surface area (Å²) in [5.41, 5.74) is 2.19. The summed E-state index contributed by atoms with van der Waals surface area (Å²) in [4.78, 5) is 12.2. The van der Waals surface area contributed by atoms with Crippen molar-refractivity contribution in [2.45, 2.75) is 45.1 Å². The molecule has 1 atom stereocenters. The molecule has 1 N–H and O–H groups in total. The van der Waals surface area contributed by atoms with Gasteiger partial charge in [-0.2, -0.15) is 0 Å². The average Bonchev–Trinajstić information content (AvgIpc) is 2.55. The van der Waals surface area contributed by atoms with Crippen molar-refractivity contribution in [3.8, 4) is 0 Å². The number of rotatable bonds is 6. The second-order valence-corrected chi connectivity index (χ2v) is 7.01. The molecule has 0 radical (unpaired) electrons. The molecule has 3 aliphatic carbocycles. The molecule has 1 aromatic carbocycles. The number of benzene rings is 1. The van der Waals surface area contributed by atoms with Gasteiger partial charge >= 0.3 is 0 Å². The average molecular weight is 301 g/mol. The van der Waals surface area contributed by atoms with Gasteiger partial charge in [0.15, 0.2) is 0 Å². The fourth-order valence-corrected chi connectivity index (χ4v) is 4.25. The summed E-state index contributed by atoms with van der Waals surface area (Å²) in [7, 11) is 1.69. The van der Waals surface area contributed by atoms with Crippen LogP contribution in [0, 0.1) is 17.8 Å². The summed E-state index contributed by atoms with van der Waals surface area (Å²) in [5.74, 6) is 2.65. The highest BCUT2D eigenvalue weighted by Crippen LogP contribution is 2.44. The SMILES string of the molecule is COCc1cccc(CC(=O)NCC2CC3CCC2CC3)c1. The maximum Gasteiger partial charge on any atom is 0.224 e. The molecule has 3 aliphatic rings. The molecule has 0 aromatic heterocycles. The fraction of sp³-hybridized carbons (Fsp3) is 0.632. The zero-order valence-corrected chi connectivity index (χ0v) is 13.5. The Hall–Kier alpha value is -1.35. The zero-order chi connectivity index (χ0) is 15.4. The van der Waals surface area contributed by atoms with Gasteiger partial charge in [0.25, 0.3) is 0 Å². The number of fused-ring (bicyclic) bond motifs is 3. The van der Waals surface area contributed by atoms with Crippen molar-refractivity contribution >= 4 is 5.91 Å². The molecule has 2 bridgehead atoms. The Bertz CT molecular complexity index is 506. The first-order chi connectivity index (χ1) is 10.7. The third-order valence-corrected chi connectivity index (χ3v) is 5.42. The largest absolute Gasteiger partial charge is 0.380 e. The summed E-state index contributed by atoms with van der Waals surface area (Å²) in [5, 5.41) is 3.17. The van der Waals surface area contributed by atoms with Crippen LogP contribution < -0.4 is 5.32 Å². The lowest BCUT2D eigenvalue weighted by Gasteiger charge is -2.42. The second-order valence-electron chi connectivity index (χ2n) is 7.01. The molecule has 4 rings (SSSR count). The molecule has 120 valence electrons. The standard InChI is InChI=1S/C19H27NO2/c1-22-13-16-4-2-3-15(9-16)11-19(21)20-12-18-10-14-5-7-17(18)8-6-14/h2-4,9,14,17-18H,5-8,10-13H2,1H3,(H,20,21). The summed E-state index contributed by atoms with van der Waals surface area (Å²) >= 11 is 0. The van der Waals surface area contributed by atoms with Crippen molar-refractivity contribution < 1.29 is 9.53 Å². The van der Waals surface area contributed by atoms with Crippen LogP contribution in [0.4, 0.5) is 0 Å². The van der Waals surface area contributed by atoms with Gasteiger partial charge in [0.1, 0.15) is 0 Å². The van der Waals surface area contributed by atoms with Gasteiger partial charge in [-0.3, -0.25) is 4.79 Å². The van der Waals surface area contributed by atoms with Crippen LogP contribution in [0.5, 0.6) is 0 Å². The molecule has 3 nitrogen and oxygen atoms in total. The first kappa shape index (κ1) is 15.5. The Morgan fingerprint density at radius 2 is 2.00 bits per heavy atom. The van der Waals surface area contributed by atoms with Gasteiger partial charge in [-0.1, -0.05) is 37.1 Å². The molecule has 0 spiro atoms. The third-order valence-electron chi connectivity index (χ3n) is 5.42. The molecule has 0 saturated heterocycles. The highest BCUT2D eigenvalue weighted by atomic mass is 16.5. The van der Waals surface area contributed by atoms with Crippen LogP contribution in [0.1, 0.15) is 43.2 Å². The van der Waals surface area contributed by atoms with E-state index in [2.05, 4.69) is 11.4 Å². The number of nitrogens with one attached hydrogen (secondary N) is 1. The molecule has 0 aliphatic heterocycles. The molecule has 1 amide bonds. The van der Waals surface area contributed by atoms with E-state index in [0.29, 0.717) is 13.0 Å². The minimum absolute atomic E-state index is 0.149. The van der Waals surface area contributed by atoms with Crippen LogP contribution >= 0.6 is 0 Å². The molecule has 1 aromatic rings. The first-order valence-corrected chi connectivity index (χ1v) is 8.58. The molecule has 0 heterocycles. The van der Waals surface area contributed by atoms with E-state index in [1.165, 1.54) is 32.1 Å². The number of methoxy groups -OCH3 is 1. The summed E-state index contributed by atoms with van der Waals surface area (Å²) in [6, 6.07) is 8.10. The number of hydrogen-bond donors (Lipinski definition) is 1. The van der Waals surface area contributed by atoms with Crippen LogP contribution in [-0.4, -0.2) is 19.6 Å². The van der Waals surface area contributed by atoms with Crippen molar-refractivity contribution in [1.82, 2.24) is 5.32 Å². The van der Waals surface area contributed by atoms with Crippen molar-refractivity contribution in [2.24, 2.45) is 17.8 Å². The van der Waals surface area contributed by atoms with E-state index in [0.717, 1.165) is 35.4 Å². The minimum atomic E-state index is 0.149. The molecule has 1 unspecified atom stereocenters. The van der Waals surface area contributed by atoms with Gasteiger partial charge < -0.3 is 10.1 Å². The summed E-state index contributed by atoms with van der Waals surface area (Å²) < 4.78 is 5.14. The molecular formula is C19H27NO2. The number of carbonyl (C=O) groups excluding carboxylic acids is 1. The fourth-order valence-electron chi connectivity index (χ4n) is 4.25. The third kappa shape index (κ3) is 3.89. The highest BCUT2D eigenvalue weighted by molar-refractivity contribution is 5.78. The summed E-state index contributed by atoms with van der Waals surface area (Å²) in [6.45, 7) is 1.47. The Balaban J connectivity index is 1.47. The van der Waals surface area contributed by atoms with Crippen LogP contribution in [0.25, 0.3) is 0 Å². The van der Waals surface area contributed by atoms with E-state index < -0.39 is 0 Å². The second kappa shape index (κ2) is 7.28. The molecule has 3 fully saturated rings. The first-order valence-electron chi connectivity index (χ1n) is 8.58. The quantitative estimate of drug-likeness (QED) is 0.875. The lowest BCUT2D eigenvalue weighted by molar-refractivity contribution is -0.120. The maximum atomic E-state index is 12.2. The highest BCUT2D eigenvalue weighted by Gasteiger charge is 2.35. The maximum absolute atomic E-state index is 12.2. The van der Waals surface area contributed by atoms with E-state index in [1.807, 2.05) is 18.2 Å². The van der Waals surface area contributed by atoms with Gasteiger partial charge in [0, 0.05) is 13.7 Å². The molecular weight excluding hydrogens is 274 g/mol. The number of hydrogen-bond acceptors (Lipinski definition) is 2. The normalized spacial score (nSPS) is 26.9. The predicted octanol–water partition coefficient (Wildman–Crippen LogP) is 3.32. The van der Waals surface area contributed by atoms with E-state index in [9.17, 15) is 4.79 Å². The van der Waals surface area contributed by atoms with Gasteiger partial charge in [0.2, 0.25) is 5.91 Å². The van der Waals surface area contributed by atoms with Crippen LogP contribution in [0.2, 0.25) is 0 Å². The van der Waals surface area contributed by atoms with Crippen molar-refractivity contribution in [3.63, 3.8) is 0 Å². The molecule has 3 saturated carbocycles. The Morgan fingerprint density at radius 3 is 2.68 bits per heavy atom. The number of amides is 1. The monoisotopic (exact) mass is 301 g/mol. The number of ether oxygens (including phenoxy) is 1. The van der Waals surface area contributed by atoms with E-state index in [-0.39, 0.29) is 5.91 Å². The Labute approximate surface area is 133 Å². The van der Waals surface area contributed by atoms with Gasteiger partial charge in [0.05, 0.1) is 13.0 Å². The van der Waals surface area contributed by atoms with Crippen molar-refractivity contribution in [1.29, 1.82) is 0 Å². The number of carbonyl (C=O) groups is 1. The molecule has 22 heavy (non-hydrogen) atoms. The Morgan fingerprint density at radius 1 is 1.23 bits per heavy atom. The Kier molecular flexibility index (Phi) is 5.14. The van der Waals surface area contributed by atoms with E-state index >= 15 is 0 Å². The minimum Gasteiger partial charge on any atom is -0.380 e. The predicted molar refractivity (Wildman–Crippen MR) is 87.4 cm³/mol. The van der Waals surface area contributed by atoms with Crippen molar-refractivity contribution in [3.05, 3.63) is 35.4 Å². The van der Waals surface area contributed by atoms with E-state index in [1.54, 1.807) is 7.11 Å². The van der Waals surface area contributed by atoms with Gasteiger partial charge in [-0.25, -0.2) is 0 Å². The van der Waals surface area contributed by atoms with Gasteiger partial charge in [-0.05, 0) is 48.1 Å². The van der Waals surface area contributed by atoms with Crippen LogP contribution in [-0.2, 0) is 22.6 Å². The van der Waals surface area contributed by atoms with E-state index in [4.69, 9.17) is 4.74 Å². The zero-order valence-electron chi connectivity index (χ0n) is 13.5. The van der Waals surface area contributed by atoms with Crippen LogP contribution in [0.3, 0.4) is 0 Å². The van der Waals surface area contributed by atoms with Crippen molar-refractivity contribution in [2.75, 3.05) is 13.7 Å². The van der Waals surface area contributed by atoms with Gasteiger partial charge in [-0.15, -0.1) is 0 Å². The smallest absolute Gasteiger partial charge is 0.224 e. The molecule has 3 heteroatoms. The lowest BCUT2D eigenvalue weighted by atomic mass is 9.65. The topological polar surface area (TPSA) is 38.3 Å². The lowest BCUT2D eigenvalue weighted by Crippen LogP contribution is -2.39. The van der Waals surface area contributed by atoms with Crippen LogP contribution in [0.15, 0.2) is 24.3 Å². The summed E-state index contributed by atoms with van der Waals surface area (Å²) in [6.07, 6.45) is 7.39.